The summed E-state index contributed by atoms with van der Waals surface area (Å²) in [5, 5.41) is 11.5. The predicted molar refractivity (Wildman–Crippen MR) is 123 cm³/mol. The highest BCUT2D eigenvalue weighted by Gasteiger charge is 2.44. The molecule has 1 atom stereocenters. The number of fused-ring (bicyclic) bond motifs is 1. The lowest BCUT2D eigenvalue weighted by molar-refractivity contribution is -0.129. The number of rotatable bonds is 9. The van der Waals surface area contributed by atoms with Gasteiger partial charge < -0.3 is 19.3 Å². The summed E-state index contributed by atoms with van der Waals surface area (Å²) in [7, 11) is 0. The maximum absolute atomic E-state index is 13.6. The van der Waals surface area contributed by atoms with Crippen LogP contribution in [0.25, 0.3) is 11.0 Å². The zero-order chi connectivity index (χ0) is 23.5. The van der Waals surface area contributed by atoms with Gasteiger partial charge in [0.2, 0.25) is 5.78 Å². The SMILES string of the molecule is CCN(CC)CCCN1C(=O)C(O)=C(C(=O)c2cc3ccccc3o2)C1c1ccc(F)cc1. The highest BCUT2D eigenvalue weighted by atomic mass is 19.1. The number of carbonyl (C=O) groups excluding carboxylic acids is 2. The molecule has 0 spiro atoms. The van der Waals surface area contributed by atoms with Crippen LogP contribution in [-0.4, -0.2) is 52.8 Å². The first-order valence-corrected chi connectivity index (χ1v) is 11.2. The van der Waals surface area contributed by atoms with Gasteiger partial charge in [-0.3, -0.25) is 9.59 Å². The fourth-order valence-electron chi connectivity index (χ4n) is 4.34. The lowest BCUT2D eigenvalue weighted by atomic mass is 9.95. The fourth-order valence-corrected chi connectivity index (χ4v) is 4.34. The third-order valence-electron chi connectivity index (χ3n) is 6.15. The van der Waals surface area contributed by atoms with E-state index in [2.05, 4.69) is 18.7 Å². The Morgan fingerprint density at radius 2 is 1.82 bits per heavy atom. The molecule has 7 heteroatoms. The van der Waals surface area contributed by atoms with Crippen molar-refractivity contribution >= 4 is 22.7 Å². The summed E-state index contributed by atoms with van der Waals surface area (Å²) < 4.78 is 19.3. The minimum atomic E-state index is -0.824. The first-order valence-electron chi connectivity index (χ1n) is 11.2. The van der Waals surface area contributed by atoms with E-state index in [1.54, 1.807) is 18.2 Å². The number of aliphatic hydroxyl groups is 1. The Morgan fingerprint density at radius 3 is 2.48 bits per heavy atom. The minimum absolute atomic E-state index is 0.0441. The summed E-state index contributed by atoms with van der Waals surface area (Å²) in [6, 6.07) is 13.6. The fraction of sp³-hybridized carbons (Fsp3) is 0.308. The minimum Gasteiger partial charge on any atom is -0.503 e. The Hall–Kier alpha value is -3.45. The van der Waals surface area contributed by atoms with Crippen LogP contribution in [0.4, 0.5) is 4.39 Å². The van der Waals surface area contributed by atoms with Crippen LogP contribution in [0.1, 0.15) is 42.4 Å². The van der Waals surface area contributed by atoms with E-state index in [4.69, 9.17) is 4.42 Å². The Labute approximate surface area is 191 Å². The van der Waals surface area contributed by atoms with E-state index in [0.29, 0.717) is 24.1 Å². The molecule has 0 radical (unpaired) electrons. The van der Waals surface area contributed by atoms with Gasteiger partial charge in [-0.2, -0.15) is 0 Å². The summed E-state index contributed by atoms with van der Waals surface area (Å²) >= 11 is 0. The number of benzene rings is 2. The molecule has 4 rings (SSSR count). The van der Waals surface area contributed by atoms with Crippen molar-refractivity contribution in [3.63, 3.8) is 0 Å². The van der Waals surface area contributed by atoms with Gasteiger partial charge in [0, 0.05) is 11.9 Å². The molecule has 0 saturated heterocycles. The van der Waals surface area contributed by atoms with E-state index < -0.39 is 29.3 Å². The zero-order valence-electron chi connectivity index (χ0n) is 18.8. The number of aliphatic hydroxyl groups excluding tert-OH is 1. The number of hydrogen-bond donors (Lipinski definition) is 1. The van der Waals surface area contributed by atoms with E-state index in [0.717, 1.165) is 25.0 Å². The maximum Gasteiger partial charge on any atom is 0.290 e. The molecular weight excluding hydrogens is 423 g/mol. The highest BCUT2D eigenvalue weighted by molar-refractivity contribution is 6.16. The molecule has 2 heterocycles. The van der Waals surface area contributed by atoms with Gasteiger partial charge in [0.25, 0.3) is 5.91 Å². The van der Waals surface area contributed by atoms with Crippen molar-refractivity contribution in [2.75, 3.05) is 26.2 Å². The first-order chi connectivity index (χ1) is 15.9. The lowest BCUT2D eigenvalue weighted by Gasteiger charge is -2.28. The van der Waals surface area contributed by atoms with Gasteiger partial charge in [-0.05, 0) is 55.9 Å². The molecule has 0 aliphatic carbocycles. The molecule has 0 fully saturated rings. The molecule has 33 heavy (non-hydrogen) atoms. The average Bonchev–Trinajstić information content (AvgIpc) is 3.37. The van der Waals surface area contributed by atoms with Crippen LogP contribution in [0.3, 0.4) is 0 Å². The average molecular weight is 451 g/mol. The quantitative estimate of drug-likeness (QED) is 0.470. The van der Waals surface area contributed by atoms with E-state index in [9.17, 15) is 19.1 Å². The number of ketones is 1. The number of hydrogen-bond acceptors (Lipinski definition) is 5. The molecule has 2 aromatic carbocycles. The molecule has 6 nitrogen and oxygen atoms in total. The largest absolute Gasteiger partial charge is 0.503 e. The van der Waals surface area contributed by atoms with Crippen LogP contribution in [0.15, 0.2) is 70.3 Å². The first kappa shape index (κ1) is 22.7. The van der Waals surface area contributed by atoms with Gasteiger partial charge in [0.1, 0.15) is 11.4 Å². The number of para-hydroxylation sites is 1. The van der Waals surface area contributed by atoms with E-state index in [1.807, 2.05) is 12.1 Å². The maximum atomic E-state index is 13.6. The number of halogens is 1. The summed E-state index contributed by atoms with van der Waals surface area (Å²) in [4.78, 5) is 30.2. The van der Waals surface area contributed by atoms with Crippen molar-refractivity contribution in [1.29, 1.82) is 0 Å². The Bertz CT molecular complexity index is 1160. The van der Waals surface area contributed by atoms with Crippen molar-refractivity contribution in [2.45, 2.75) is 26.3 Å². The Morgan fingerprint density at radius 1 is 1.12 bits per heavy atom. The van der Waals surface area contributed by atoms with Gasteiger partial charge >= 0.3 is 0 Å². The summed E-state index contributed by atoms with van der Waals surface area (Å²) in [5.74, 6) is -2.13. The third-order valence-corrected chi connectivity index (χ3v) is 6.15. The van der Waals surface area contributed by atoms with Crippen LogP contribution in [0.5, 0.6) is 0 Å². The zero-order valence-corrected chi connectivity index (χ0v) is 18.8. The molecule has 1 amide bonds. The summed E-state index contributed by atoms with van der Waals surface area (Å²) in [6.45, 7) is 7.06. The number of amides is 1. The van der Waals surface area contributed by atoms with Crippen LogP contribution in [0.2, 0.25) is 0 Å². The second kappa shape index (κ2) is 9.58. The second-order valence-electron chi connectivity index (χ2n) is 8.07. The van der Waals surface area contributed by atoms with Crippen LogP contribution in [-0.2, 0) is 4.79 Å². The third kappa shape index (κ3) is 4.41. The van der Waals surface area contributed by atoms with Crippen molar-refractivity contribution in [3.8, 4) is 0 Å². The highest BCUT2D eigenvalue weighted by Crippen LogP contribution is 2.39. The molecule has 0 bridgehead atoms. The summed E-state index contributed by atoms with van der Waals surface area (Å²) in [5.41, 5.74) is 1.05. The standard InChI is InChI=1S/C26H27FN2O4/c1-3-28(4-2)14-7-15-29-23(17-10-12-19(27)13-11-17)22(25(31)26(29)32)24(30)21-16-18-8-5-6-9-20(18)33-21/h5-6,8-13,16,23,31H,3-4,7,14-15H2,1-2H3. The van der Waals surface area contributed by atoms with Crippen LogP contribution < -0.4 is 0 Å². The molecular formula is C26H27FN2O4. The van der Waals surface area contributed by atoms with Crippen molar-refractivity contribution in [1.82, 2.24) is 9.80 Å². The molecule has 1 aromatic heterocycles. The molecule has 1 aliphatic rings. The smallest absolute Gasteiger partial charge is 0.290 e. The van der Waals surface area contributed by atoms with Gasteiger partial charge in [0.15, 0.2) is 11.5 Å². The number of Topliss-reactive ketones (excluding diaryl/α,β-unsaturated/α-hetero) is 1. The van der Waals surface area contributed by atoms with E-state index in [-0.39, 0.29) is 11.3 Å². The normalized spacial score (nSPS) is 16.4. The molecule has 0 saturated carbocycles. The second-order valence-corrected chi connectivity index (χ2v) is 8.07. The van der Waals surface area contributed by atoms with Crippen LogP contribution in [0, 0.1) is 5.82 Å². The van der Waals surface area contributed by atoms with Gasteiger partial charge in [-0.25, -0.2) is 4.39 Å². The molecule has 1 unspecified atom stereocenters. The molecule has 1 N–H and O–H groups in total. The van der Waals surface area contributed by atoms with Gasteiger partial charge in [-0.15, -0.1) is 0 Å². The van der Waals surface area contributed by atoms with Gasteiger partial charge in [-0.1, -0.05) is 44.2 Å². The molecule has 1 aliphatic heterocycles. The van der Waals surface area contributed by atoms with E-state index in [1.165, 1.54) is 29.2 Å². The van der Waals surface area contributed by atoms with E-state index >= 15 is 0 Å². The van der Waals surface area contributed by atoms with Crippen molar-refractivity contribution in [3.05, 3.63) is 83.1 Å². The lowest BCUT2D eigenvalue weighted by Crippen LogP contribution is -2.34. The van der Waals surface area contributed by atoms with Crippen molar-refractivity contribution in [2.24, 2.45) is 0 Å². The predicted octanol–water partition coefficient (Wildman–Crippen LogP) is 4.88. The topological polar surface area (TPSA) is 74.0 Å². The van der Waals surface area contributed by atoms with Crippen LogP contribution >= 0.6 is 0 Å². The monoisotopic (exact) mass is 450 g/mol. The number of nitrogens with zero attached hydrogens (tertiary/aromatic N) is 2. The van der Waals surface area contributed by atoms with Crippen molar-refractivity contribution < 1.29 is 23.5 Å². The molecule has 172 valence electrons. The number of carbonyl (C=O) groups is 2. The summed E-state index contributed by atoms with van der Waals surface area (Å²) in [6.07, 6.45) is 0.671. The van der Waals surface area contributed by atoms with Gasteiger partial charge in [0.05, 0.1) is 11.6 Å². The number of furan rings is 1. The Balaban J connectivity index is 1.69. The Kier molecular flexibility index (Phi) is 6.60. The molecule has 3 aromatic rings.